The maximum absolute atomic E-state index is 12.3. The average molecular weight is 344 g/mol. The minimum absolute atomic E-state index is 0.137. The predicted octanol–water partition coefficient (Wildman–Crippen LogP) is 7.61. The molecule has 1 rings (SSSR count). The van der Waals surface area contributed by atoms with E-state index in [1.807, 2.05) is 0 Å². The summed E-state index contributed by atoms with van der Waals surface area (Å²) in [5, 5.41) is 0. The van der Waals surface area contributed by atoms with Crippen molar-refractivity contribution in [2.75, 3.05) is 0 Å². The quantitative estimate of drug-likeness (QED) is 0.354. The SMILES string of the molecule is CCCCCCCC(CCCCC)c1ccc(OC(F)(F)F)cc1. The lowest BCUT2D eigenvalue weighted by Gasteiger charge is -2.18. The van der Waals surface area contributed by atoms with Gasteiger partial charge in [-0.05, 0) is 36.5 Å². The van der Waals surface area contributed by atoms with Gasteiger partial charge in [-0.1, -0.05) is 77.3 Å². The summed E-state index contributed by atoms with van der Waals surface area (Å²) in [7, 11) is 0. The molecule has 0 bridgehead atoms. The number of benzene rings is 1. The van der Waals surface area contributed by atoms with Crippen LogP contribution in [0, 0.1) is 0 Å². The minimum Gasteiger partial charge on any atom is -0.406 e. The van der Waals surface area contributed by atoms with Crippen LogP contribution in [0.2, 0.25) is 0 Å². The highest BCUT2D eigenvalue weighted by atomic mass is 19.4. The third-order valence-electron chi connectivity index (χ3n) is 4.40. The van der Waals surface area contributed by atoms with Crippen molar-refractivity contribution in [3.63, 3.8) is 0 Å². The third-order valence-corrected chi connectivity index (χ3v) is 4.40. The first-order valence-electron chi connectivity index (χ1n) is 9.32. The van der Waals surface area contributed by atoms with E-state index >= 15 is 0 Å². The first-order valence-corrected chi connectivity index (χ1v) is 9.32. The lowest BCUT2D eigenvalue weighted by atomic mass is 9.88. The highest BCUT2D eigenvalue weighted by Crippen LogP contribution is 2.31. The summed E-state index contributed by atoms with van der Waals surface area (Å²) < 4.78 is 40.7. The van der Waals surface area contributed by atoms with Crippen molar-refractivity contribution in [3.05, 3.63) is 29.8 Å². The summed E-state index contributed by atoms with van der Waals surface area (Å²) in [6, 6.07) is 6.47. The van der Waals surface area contributed by atoms with E-state index in [4.69, 9.17) is 0 Å². The molecule has 138 valence electrons. The van der Waals surface area contributed by atoms with Gasteiger partial charge in [-0.3, -0.25) is 0 Å². The van der Waals surface area contributed by atoms with E-state index in [9.17, 15) is 13.2 Å². The molecule has 0 spiro atoms. The number of ether oxygens (including phenoxy) is 1. The summed E-state index contributed by atoms with van der Waals surface area (Å²) in [6.45, 7) is 4.39. The molecule has 0 amide bonds. The van der Waals surface area contributed by atoms with Crippen LogP contribution >= 0.6 is 0 Å². The largest absolute Gasteiger partial charge is 0.573 e. The van der Waals surface area contributed by atoms with Crippen LogP contribution in [-0.4, -0.2) is 6.36 Å². The first-order chi connectivity index (χ1) is 11.5. The second-order valence-electron chi connectivity index (χ2n) is 6.51. The van der Waals surface area contributed by atoms with E-state index in [-0.39, 0.29) is 5.75 Å². The Bertz CT molecular complexity index is 426. The van der Waals surface area contributed by atoms with Gasteiger partial charge >= 0.3 is 6.36 Å². The van der Waals surface area contributed by atoms with Crippen LogP contribution in [0.4, 0.5) is 13.2 Å². The molecule has 0 aliphatic heterocycles. The van der Waals surface area contributed by atoms with Crippen LogP contribution < -0.4 is 4.74 Å². The summed E-state index contributed by atoms with van der Waals surface area (Å²) in [4.78, 5) is 0. The number of hydrogen-bond donors (Lipinski definition) is 0. The predicted molar refractivity (Wildman–Crippen MR) is 93.4 cm³/mol. The lowest BCUT2D eigenvalue weighted by Crippen LogP contribution is -2.17. The zero-order chi connectivity index (χ0) is 17.8. The van der Waals surface area contributed by atoms with Crippen molar-refractivity contribution in [3.8, 4) is 5.75 Å². The van der Waals surface area contributed by atoms with Crippen LogP contribution in [-0.2, 0) is 0 Å². The molecule has 0 heterocycles. The third kappa shape index (κ3) is 9.19. The Balaban J connectivity index is 2.60. The summed E-state index contributed by atoms with van der Waals surface area (Å²) in [5.41, 5.74) is 1.14. The molecule has 1 atom stereocenters. The van der Waals surface area contributed by atoms with Crippen molar-refractivity contribution >= 4 is 0 Å². The van der Waals surface area contributed by atoms with E-state index < -0.39 is 6.36 Å². The standard InChI is InChI=1S/C20H31F3O/c1-3-5-7-8-10-12-17(11-9-6-4-2)18-13-15-19(16-14-18)24-20(21,22)23/h13-17H,3-12H2,1-2H3. The summed E-state index contributed by atoms with van der Waals surface area (Å²) in [5.74, 6) is 0.305. The Morgan fingerprint density at radius 3 is 1.83 bits per heavy atom. The van der Waals surface area contributed by atoms with Gasteiger partial charge in [-0.2, -0.15) is 0 Å². The summed E-state index contributed by atoms with van der Waals surface area (Å²) >= 11 is 0. The minimum atomic E-state index is -4.62. The maximum Gasteiger partial charge on any atom is 0.573 e. The van der Waals surface area contributed by atoms with Gasteiger partial charge in [0.15, 0.2) is 0 Å². The van der Waals surface area contributed by atoms with Crippen LogP contribution in [0.25, 0.3) is 0 Å². The molecule has 0 saturated carbocycles. The number of hydrogen-bond acceptors (Lipinski definition) is 1. The molecule has 1 nitrogen and oxygen atoms in total. The highest BCUT2D eigenvalue weighted by Gasteiger charge is 2.31. The molecule has 24 heavy (non-hydrogen) atoms. The Morgan fingerprint density at radius 1 is 0.792 bits per heavy atom. The fourth-order valence-electron chi connectivity index (χ4n) is 3.05. The number of rotatable bonds is 12. The second-order valence-corrected chi connectivity index (χ2v) is 6.51. The zero-order valence-corrected chi connectivity index (χ0v) is 15.0. The first kappa shape index (κ1) is 20.9. The monoisotopic (exact) mass is 344 g/mol. The van der Waals surface area contributed by atoms with Crippen LogP contribution in [0.5, 0.6) is 5.75 Å². The Labute approximate surface area is 144 Å². The Kier molecular flexibility index (Phi) is 9.89. The van der Waals surface area contributed by atoms with Gasteiger partial charge in [0.05, 0.1) is 0 Å². The normalized spacial score (nSPS) is 13.0. The highest BCUT2D eigenvalue weighted by molar-refractivity contribution is 5.29. The van der Waals surface area contributed by atoms with Crippen molar-refractivity contribution < 1.29 is 17.9 Å². The van der Waals surface area contributed by atoms with E-state index in [2.05, 4.69) is 18.6 Å². The fraction of sp³-hybridized carbons (Fsp3) is 0.700. The van der Waals surface area contributed by atoms with Gasteiger partial charge < -0.3 is 4.74 Å². The molecule has 1 aromatic carbocycles. The maximum atomic E-state index is 12.3. The lowest BCUT2D eigenvalue weighted by molar-refractivity contribution is -0.274. The molecule has 0 aliphatic rings. The molecule has 0 aliphatic carbocycles. The Hall–Kier alpha value is -1.19. The van der Waals surface area contributed by atoms with Crippen molar-refractivity contribution in [1.29, 1.82) is 0 Å². The van der Waals surface area contributed by atoms with Crippen molar-refractivity contribution in [2.45, 2.75) is 90.3 Å². The topological polar surface area (TPSA) is 9.23 Å². The molecule has 0 radical (unpaired) electrons. The molecule has 1 unspecified atom stereocenters. The molecule has 0 saturated heterocycles. The molecule has 4 heteroatoms. The van der Waals surface area contributed by atoms with Crippen LogP contribution in [0.15, 0.2) is 24.3 Å². The van der Waals surface area contributed by atoms with E-state index in [1.165, 1.54) is 63.5 Å². The fourth-order valence-corrected chi connectivity index (χ4v) is 3.05. The summed E-state index contributed by atoms with van der Waals surface area (Å²) in [6.07, 6.45) is 7.40. The van der Waals surface area contributed by atoms with Gasteiger partial charge in [0.2, 0.25) is 0 Å². The molecular weight excluding hydrogens is 313 g/mol. The Morgan fingerprint density at radius 2 is 1.29 bits per heavy atom. The van der Waals surface area contributed by atoms with Gasteiger partial charge in [-0.15, -0.1) is 13.2 Å². The van der Waals surface area contributed by atoms with Gasteiger partial charge in [0, 0.05) is 0 Å². The average Bonchev–Trinajstić information content (AvgIpc) is 2.52. The molecular formula is C20H31F3O. The van der Waals surface area contributed by atoms with Crippen LogP contribution in [0.1, 0.15) is 89.5 Å². The van der Waals surface area contributed by atoms with Gasteiger partial charge in [-0.25, -0.2) is 0 Å². The van der Waals surface area contributed by atoms with Crippen LogP contribution in [0.3, 0.4) is 0 Å². The second kappa shape index (κ2) is 11.4. The number of alkyl halides is 3. The molecule has 1 aromatic rings. The number of halogens is 3. The van der Waals surface area contributed by atoms with Gasteiger partial charge in [0.1, 0.15) is 5.75 Å². The molecule has 0 N–H and O–H groups in total. The van der Waals surface area contributed by atoms with Crippen molar-refractivity contribution in [1.82, 2.24) is 0 Å². The molecule has 0 fully saturated rings. The smallest absolute Gasteiger partial charge is 0.406 e. The number of unbranched alkanes of at least 4 members (excludes halogenated alkanes) is 6. The van der Waals surface area contributed by atoms with E-state index in [1.54, 1.807) is 12.1 Å². The van der Waals surface area contributed by atoms with Crippen molar-refractivity contribution in [2.24, 2.45) is 0 Å². The van der Waals surface area contributed by atoms with Gasteiger partial charge in [0.25, 0.3) is 0 Å². The zero-order valence-electron chi connectivity index (χ0n) is 15.0. The van der Waals surface area contributed by atoms with E-state index in [0.717, 1.165) is 18.4 Å². The molecule has 0 aromatic heterocycles. The van der Waals surface area contributed by atoms with E-state index in [0.29, 0.717) is 5.92 Å².